The number of benzene rings is 2. The van der Waals surface area contributed by atoms with E-state index in [1.807, 2.05) is 30.3 Å². The first-order valence-corrected chi connectivity index (χ1v) is 30.4. The van der Waals surface area contributed by atoms with Crippen LogP contribution in [0.25, 0.3) is 0 Å². The first kappa shape index (κ1) is 42.0. The second-order valence-electron chi connectivity index (χ2n) is 6.30. The first-order chi connectivity index (χ1) is 18.3. The fourth-order valence-corrected chi connectivity index (χ4v) is 2.72. The molecule has 0 spiro atoms. The molecule has 4 aromatic rings. The quantitative estimate of drug-likeness (QED) is 0.189. The van der Waals surface area contributed by atoms with Gasteiger partial charge in [-0.15, -0.1) is 24.0 Å². The van der Waals surface area contributed by atoms with Gasteiger partial charge < -0.3 is 16.2 Å². The van der Waals surface area contributed by atoms with Crippen LogP contribution in [0.3, 0.4) is 0 Å². The summed E-state index contributed by atoms with van der Waals surface area (Å²) < 4.78 is 1.83. The number of hydrogen-bond acceptors (Lipinski definition) is 5. The molecule has 4 N–H and O–H groups in total. The van der Waals surface area contributed by atoms with Gasteiger partial charge in [-0.1, -0.05) is 44.0 Å². The molecule has 0 unspecified atom stereocenters. The third-order valence-electron chi connectivity index (χ3n) is 3.79. The van der Waals surface area contributed by atoms with Crippen molar-refractivity contribution >= 4 is 154 Å². The zero-order chi connectivity index (χ0) is 28.8. The summed E-state index contributed by atoms with van der Waals surface area (Å²) in [6, 6.07) is 24.5. The van der Waals surface area contributed by atoms with E-state index in [0.29, 0.717) is 36.0 Å². The maximum Gasteiger partial charge on any atom is 0.335 e. The van der Waals surface area contributed by atoms with Crippen molar-refractivity contribution < 1.29 is 28.0 Å². The molecule has 7 nitrogen and oxygen atoms in total. The number of aromatic nitrogens is 2. The number of halogens is 8. The third kappa shape index (κ3) is 22.1. The van der Waals surface area contributed by atoms with Crippen LogP contribution in [0, 0.1) is 0 Å². The van der Waals surface area contributed by atoms with Crippen molar-refractivity contribution in [2.75, 3.05) is 11.1 Å². The van der Waals surface area contributed by atoms with Crippen molar-refractivity contribution in [2.24, 2.45) is 0 Å². The van der Waals surface area contributed by atoms with Crippen molar-refractivity contribution in [1.82, 2.24) is 9.97 Å². The number of carboxylic acids is 1. The van der Waals surface area contributed by atoms with E-state index < -0.39 is 5.97 Å². The molecule has 0 aliphatic carbocycles. The predicted molar refractivity (Wildman–Crippen MR) is 208 cm³/mol. The molecular formula is C24H21Br2I6N4O3-. The van der Waals surface area contributed by atoms with Crippen molar-refractivity contribution in [3.63, 3.8) is 0 Å². The number of rotatable bonds is 3. The molecule has 0 aliphatic heterocycles. The van der Waals surface area contributed by atoms with Crippen LogP contribution in [0.15, 0.2) is 106 Å². The van der Waals surface area contributed by atoms with Crippen molar-refractivity contribution in [2.45, 2.75) is 0 Å². The van der Waals surface area contributed by atoms with E-state index in [0.717, 1.165) is 8.95 Å². The topological polar surface area (TPSA) is 118 Å². The zero-order valence-electron chi connectivity index (χ0n) is 19.5. The van der Waals surface area contributed by atoms with E-state index in [1.165, 1.54) is 0 Å². The average molecular weight is 1330 g/mol. The van der Waals surface area contributed by atoms with E-state index in [-0.39, 0.29) is 29.9 Å². The van der Waals surface area contributed by atoms with Crippen LogP contribution >= 0.6 is 130 Å². The minimum atomic E-state index is -0.896. The van der Waals surface area contributed by atoms with Gasteiger partial charge in [0.15, 0.2) is 0 Å². The van der Waals surface area contributed by atoms with Gasteiger partial charge in [-0.05, 0) is 72.8 Å². The van der Waals surface area contributed by atoms with Gasteiger partial charge in [0.25, 0.3) is 5.91 Å². The monoisotopic (exact) mass is 1330 g/mol. The minimum absolute atomic E-state index is 0. The Morgan fingerprint density at radius 2 is 1.21 bits per heavy atom. The second kappa shape index (κ2) is 27.6. The summed E-state index contributed by atoms with van der Waals surface area (Å²) in [4.78, 5) is 29.8. The van der Waals surface area contributed by atoms with Gasteiger partial charge in [0.2, 0.25) is 0 Å². The number of hydrogen-bond donors (Lipinski definition) is 3. The average Bonchev–Trinajstić information content (AvgIpc) is 2.93. The number of nitrogens with zero attached hydrogens (tertiary/aromatic N) is 2. The molecule has 2 heterocycles. The Morgan fingerprint density at radius 3 is 1.54 bits per heavy atom. The van der Waals surface area contributed by atoms with Gasteiger partial charge in [0, 0.05) is 64.1 Å². The molecular weight excluding hydrogens is 1310 g/mol. The van der Waals surface area contributed by atoms with Crippen molar-refractivity contribution in [1.29, 1.82) is 0 Å². The van der Waals surface area contributed by atoms with Crippen LogP contribution in [0.1, 0.15) is 20.7 Å². The molecule has 0 aliphatic rings. The number of pyridine rings is 2. The predicted octanol–water partition coefficient (Wildman–Crippen LogP) is 7.07. The van der Waals surface area contributed by atoms with Crippen molar-refractivity contribution in [3.05, 3.63) is 117 Å². The van der Waals surface area contributed by atoms with Gasteiger partial charge in [-0.3, -0.25) is 4.79 Å². The molecule has 0 atom stereocenters. The zero-order valence-corrected chi connectivity index (χ0v) is 35.8. The smallest absolute Gasteiger partial charge is 0.335 e. The molecule has 1 amide bonds. The molecule has 0 fully saturated rings. The number of carboxylic acid groups (broad SMARTS) is 1. The van der Waals surface area contributed by atoms with E-state index in [1.54, 1.807) is 67.0 Å². The van der Waals surface area contributed by atoms with Crippen LogP contribution in [0.2, 0.25) is 0 Å². The SMILES string of the molecule is I.II.I[I-]I.Nc1ccccn1.O=C(Nc1ccccn1)c1ccc(Br)cc1.O=C(O)c1ccc(Br)cc1. The summed E-state index contributed by atoms with van der Waals surface area (Å²) in [6.07, 6.45) is 3.30. The Balaban J connectivity index is 0. The van der Waals surface area contributed by atoms with Gasteiger partial charge in [0.1, 0.15) is 11.6 Å². The van der Waals surface area contributed by atoms with Crippen molar-refractivity contribution in [3.8, 4) is 0 Å². The molecule has 2 aromatic carbocycles. The number of aromatic carboxylic acids is 1. The number of nitrogens with two attached hydrogens (primary N) is 1. The summed E-state index contributed by atoms with van der Waals surface area (Å²) in [6.45, 7) is 0. The summed E-state index contributed by atoms with van der Waals surface area (Å²) in [5.41, 5.74) is 6.16. The molecule has 0 saturated heterocycles. The number of amides is 1. The Bertz CT molecular complexity index is 1180. The standard InChI is InChI=1S/C12H9BrN2O.C7H5BrO2.C5H6N2.I3.I2.HI/c13-10-6-4-9(5-7-10)12(16)15-11-3-1-2-8-14-11;8-6-3-1-5(2-4-6)7(9)10;6-5-3-1-2-4-7-5;1-3-2;1-2;/h1-8H,(H,14,15,16);1-4H,(H,9,10);1-4H,(H2,6,7);;;1H/q;;;-1;;. The first-order valence-electron chi connectivity index (χ1n) is 9.91. The molecule has 39 heavy (non-hydrogen) atoms. The fourth-order valence-electron chi connectivity index (χ4n) is 2.19. The molecule has 0 radical (unpaired) electrons. The van der Waals surface area contributed by atoms with Gasteiger partial charge >= 0.3 is 56.5 Å². The van der Waals surface area contributed by atoms with E-state index in [4.69, 9.17) is 10.8 Å². The van der Waals surface area contributed by atoms with E-state index in [9.17, 15) is 9.59 Å². The maximum absolute atomic E-state index is 11.8. The molecule has 0 saturated carbocycles. The summed E-state index contributed by atoms with van der Waals surface area (Å²) in [5, 5.41) is 11.2. The van der Waals surface area contributed by atoms with Crippen LogP contribution < -0.4 is 24.3 Å². The summed E-state index contributed by atoms with van der Waals surface area (Å²) in [7, 11) is 0. The maximum atomic E-state index is 11.8. The van der Waals surface area contributed by atoms with Crippen LogP contribution in [0.5, 0.6) is 0 Å². The van der Waals surface area contributed by atoms with Gasteiger partial charge in [0.05, 0.1) is 5.56 Å². The Hall–Kier alpha value is 0.820. The van der Waals surface area contributed by atoms with Gasteiger partial charge in [-0.2, -0.15) is 0 Å². The third-order valence-corrected chi connectivity index (χ3v) is 4.85. The number of carbonyl (C=O) groups excluding carboxylic acids is 1. The van der Waals surface area contributed by atoms with E-state index >= 15 is 0 Å². The molecule has 212 valence electrons. The number of nitrogens with one attached hydrogen (secondary N) is 1. The Labute approximate surface area is 314 Å². The summed E-state index contributed by atoms with van der Waals surface area (Å²) >= 11 is 16.1. The number of anilines is 2. The van der Waals surface area contributed by atoms with Crippen LogP contribution in [-0.4, -0.2) is 27.0 Å². The second-order valence-corrected chi connectivity index (χ2v) is 24.4. The fraction of sp³-hybridized carbons (Fsp3) is 0. The largest absolute Gasteiger partial charge is 0.478 e. The normalized spacial score (nSPS) is 8.67. The molecule has 0 bridgehead atoms. The number of nitrogen functional groups attached to an aromatic ring is 1. The molecule has 15 heteroatoms. The van der Waals surface area contributed by atoms with Crippen LogP contribution in [0.4, 0.5) is 11.6 Å². The Morgan fingerprint density at radius 1 is 0.769 bits per heavy atom. The minimum Gasteiger partial charge on any atom is -0.478 e. The Kier molecular flexibility index (Phi) is 29.7. The van der Waals surface area contributed by atoms with Gasteiger partial charge in [-0.25, -0.2) is 14.8 Å². The van der Waals surface area contributed by atoms with Crippen LogP contribution in [-0.2, 0) is 0 Å². The summed E-state index contributed by atoms with van der Waals surface area (Å²) in [5.74, 6) is 0.0663. The number of carbonyl (C=O) groups is 2. The molecule has 4 rings (SSSR count). The van der Waals surface area contributed by atoms with E-state index in [2.05, 4.69) is 122 Å². The molecule has 2 aromatic heterocycles.